The van der Waals surface area contributed by atoms with E-state index < -0.39 is 6.17 Å². The molecule has 1 fully saturated rings. The number of benzene rings is 3. The molecular formula is C28H26FN5O. The molecule has 2 N–H and O–H groups in total. The number of hydrogen-bond donors (Lipinski definition) is 1. The fourth-order valence-electron chi connectivity index (χ4n) is 5.21. The van der Waals surface area contributed by atoms with Gasteiger partial charge in [0.15, 0.2) is 0 Å². The highest BCUT2D eigenvalue weighted by Crippen LogP contribution is 2.31. The Morgan fingerprint density at radius 1 is 1.00 bits per heavy atom. The van der Waals surface area contributed by atoms with Crippen molar-refractivity contribution in [3.8, 4) is 11.1 Å². The van der Waals surface area contributed by atoms with Crippen LogP contribution in [0.4, 0.5) is 10.3 Å². The first-order valence-corrected chi connectivity index (χ1v) is 11.9. The van der Waals surface area contributed by atoms with Crippen molar-refractivity contribution in [3.05, 3.63) is 89.1 Å². The fourth-order valence-corrected chi connectivity index (χ4v) is 5.21. The number of nitrogens with zero attached hydrogens (tertiary/aromatic N) is 4. The number of carbonyl (C=O) groups excluding carboxylic acids is 1. The summed E-state index contributed by atoms with van der Waals surface area (Å²) in [4.78, 5) is 26.3. The molecule has 2 aliphatic rings. The summed E-state index contributed by atoms with van der Waals surface area (Å²) in [7, 11) is 0. The molecule has 3 heterocycles. The van der Waals surface area contributed by atoms with E-state index in [1.165, 1.54) is 0 Å². The first kappa shape index (κ1) is 21.7. The quantitative estimate of drug-likeness (QED) is 0.476. The van der Waals surface area contributed by atoms with Gasteiger partial charge in [0.25, 0.3) is 5.91 Å². The highest BCUT2D eigenvalue weighted by molar-refractivity contribution is 6.06. The molecule has 0 radical (unpaired) electrons. The largest absolute Gasteiger partial charge is 0.368 e. The maximum absolute atomic E-state index is 13.7. The van der Waals surface area contributed by atoms with Crippen LogP contribution in [0, 0.1) is 0 Å². The average Bonchev–Trinajstić information content (AvgIpc) is 3.49. The predicted molar refractivity (Wildman–Crippen MR) is 134 cm³/mol. The van der Waals surface area contributed by atoms with Crippen molar-refractivity contribution in [2.45, 2.75) is 32.2 Å². The summed E-state index contributed by atoms with van der Waals surface area (Å²) in [5.74, 6) is -0.0719. The summed E-state index contributed by atoms with van der Waals surface area (Å²) in [5.41, 5.74) is 12.4. The van der Waals surface area contributed by atoms with Crippen LogP contribution in [0.2, 0.25) is 0 Å². The van der Waals surface area contributed by atoms with Crippen LogP contribution < -0.4 is 5.73 Å². The van der Waals surface area contributed by atoms with Gasteiger partial charge in [0.1, 0.15) is 11.9 Å². The topological polar surface area (TPSA) is 75.3 Å². The van der Waals surface area contributed by atoms with E-state index >= 15 is 0 Å². The molecule has 1 saturated heterocycles. The predicted octanol–water partition coefficient (Wildman–Crippen LogP) is 4.58. The van der Waals surface area contributed by atoms with Gasteiger partial charge in [-0.1, -0.05) is 54.6 Å². The van der Waals surface area contributed by atoms with E-state index in [4.69, 9.17) is 5.73 Å². The summed E-state index contributed by atoms with van der Waals surface area (Å²) in [6, 6.07) is 22.1. The van der Waals surface area contributed by atoms with Crippen LogP contribution in [0.15, 0.2) is 66.7 Å². The number of hydrogen-bond acceptors (Lipinski definition) is 5. The van der Waals surface area contributed by atoms with Crippen LogP contribution in [-0.2, 0) is 19.6 Å². The highest BCUT2D eigenvalue weighted by atomic mass is 19.1. The number of halogens is 1. The van der Waals surface area contributed by atoms with Crippen molar-refractivity contribution >= 4 is 22.8 Å². The normalized spacial score (nSPS) is 17.7. The molecule has 35 heavy (non-hydrogen) atoms. The minimum absolute atomic E-state index is 0.0838. The lowest BCUT2D eigenvalue weighted by Crippen LogP contribution is -2.27. The van der Waals surface area contributed by atoms with E-state index in [1.807, 2.05) is 42.5 Å². The Bertz CT molecular complexity index is 1410. The summed E-state index contributed by atoms with van der Waals surface area (Å²) >= 11 is 0. The smallest absolute Gasteiger partial charge is 0.273 e. The molecule has 1 atom stereocenters. The van der Waals surface area contributed by atoms with Gasteiger partial charge in [0.05, 0.1) is 5.52 Å². The van der Waals surface area contributed by atoms with E-state index in [0.29, 0.717) is 49.2 Å². The van der Waals surface area contributed by atoms with Crippen molar-refractivity contribution in [1.82, 2.24) is 19.8 Å². The number of nitrogens with two attached hydrogens (primary N) is 1. The number of anilines is 1. The van der Waals surface area contributed by atoms with E-state index in [9.17, 15) is 9.18 Å². The molecule has 0 aliphatic carbocycles. The molecule has 0 bridgehead atoms. The Hall–Kier alpha value is -3.84. The lowest BCUT2D eigenvalue weighted by Gasteiger charge is -2.19. The molecule has 3 aromatic carbocycles. The molecule has 1 unspecified atom stereocenters. The molecule has 7 heteroatoms. The van der Waals surface area contributed by atoms with E-state index in [2.05, 4.69) is 39.1 Å². The van der Waals surface area contributed by atoms with Gasteiger partial charge in [-0.25, -0.2) is 14.4 Å². The Morgan fingerprint density at radius 3 is 2.49 bits per heavy atom. The number of aromatic nitrogens is 2. The molecule has 1 aromatic heterocycles. The van der Waals surface area contributed by atoms with Crippen LogP contribution in [0.25, 0.3) is 22.0 Å². The fraction of sp³-hybridized carbons (Fsp3) is 0.250. The van der Waals surface area contributed by atoms with Gasteiger partial charge in [-0.05, 0) is 46.4 Å². The van der Waals surface area contributed by atoms with E-state index in [1.54, 1.807) is 4.90 Å². The maximum atomic E-state index is 13.7. The number of fused-ring (bicyclic) bond motifs is 2. The molecule has 0 spiro atoms. The SMILES string of the molecule is Nc1nc(C(=O)N2Cc3ccccc3C2)c2cc(-c3ccccc3CN3CCC(F)C3)ccc2n1. The lowest BCUT2D eigenvalue weighted by atomic mass is 9.97. The third-order valence-corrected chi connectivity index (χ3v) is 6.98. The third kappa shape index (κ3) is 4.12. The molecule has 0 saturated carbocycles. The Kier molecular flexibility index (Phi) is 5.41. The average molecular weight is 468 g/mol. The van der Waals surface area contributed by atoms with E-state index in [-0.39, 0.29) is 11.9 Å². The van der Waals surface area contributed by atoms with Crippen LogP contribution >= 0.6 is 0 Å². The number of carbonyl (C=O) groups is 1. The Labute approximate surface area is 203 Å². The lowest BCUT2D eigenvalue weighted by molar-refractivity contribution is 0.0747. The molecule has 2 aliphatic heterocycles. The zero-order valence-corrected chi connectivity index (χ0v) is 19.3. The number of rotatable bonds is 4. The van der Waals surface area contributed by atoms with Crippen LogP contribution in [0.1, 0.15) is 33.6 Å². The van der Waals surface area contributed by atoms with Gasteiger partial charge < -0.3 is 10.6 Å². The number of likely N-dealkylation sites (tertiary alicyclic amines) is 1. The molecule has 176 valence electrons. The van der Waals surface area contributed by atoms with Crippen LogP contribution in [0.3, 0.4) is 0 Å². The molecule has 6 nitrogen and oxygen atoms in total. The summed E-state index contributed by atoms with van der Waals surface area (Å²) in [5, 5.41) is 0.678. The van der Waals surface area contributed by atoms with Crippen molar-refractivity contribution in [1.29, 1.82) is 0 Å². The molecule has 1 amide bonds. The number of amides is 1. The number of alkyl halides is 1. The number of nitrogen functional groups attached to an aromatic ring is 1. The maximum Gasteiger partial charge on any atom is 0.273 e. The summed E-state index contributed by atoms with van der Waals surface area (Å²) in [6.45, 7) is 3.01. The second-order valence-corrected chi connectivity index (χ2v) is 9.37. The summed E-state index contributed by atoms with van der Waals surface area (Å²) < 4.78 is 13.7. The van der Waals surface area contributed by atoms with Crippen molar-refractivity contribution in [2.75, 3.05) is 18.8 Å². The van der Waals surface area contributed by atoms with Crippen LogP contribution in [0.5, 0.6) is 0 Å². The van der Waals surface area contributed by atoms with Crippen LogP contribution in [-0.4, -0.2) is 44.9 Å². The minimum atomic E-state index is -0.754. The second kappa shape index (κ2) is 8.74. The van der Waals surface area contributed by atoms with Gasteiger partial charge >= 0.3 is 0 Å². The highest BCUT2D eigenvalue weighted by Gasteiger charge is 2.27. The van der Waals surface area contributed by atoms with Gasteiger partial charge in [0, 0.05) is 38.1 Å². The third-order valence-electron chi connectivity index (χ3n) is 6.98. The Morgan fingerprint density at radius 2 is 1.74 bits per heavy atom. The van der Waals surface area contributed by atoms with Gasteiger partial charge in [0.2, 0.25) is 5.95 Å². The molecule has 6 rings (SSSR count). The zero-order chi connectivity index (χ0) is 23.9. The zero-order valence-electron chi connectivity index (χ0n) is 19.3. The molecular weight excluding hydrogens is 441 g/mol. The standard InChI is InChI=1S/C28H26FN5O/c29-22-11-12-33(17-22)14-21-7-3-4-8-23(21)18-9-10-25-24(13-18)26(32-28(30)31-25)27(35)34-15-19-5-1-2-6-20(19)16-34/h1-10,13,22H,11-12,14-17H2,(H2,30,31,32). The first-order chi connectivity index (χ1) is 17.0. The van der Waals surface area contributed by atoms with Gasteiger partial charge in [-0.3, -0.25) is 9.69 Å². The Balaban J connectivity index is 1.37. The monoisotopic (exact) mass is 467 g/mol. The van der Waals surface area contributed by atoms with E-state index in [0.717, 1.165) is 34.4 Å². The summed E-state index contributed by atoms with van der Waals surface area (Å²) in [6.07, 6.45) is -0.168. The van der Waals surface area contributed by atoms with Crippen molar-refractivity contribution in [3.63, 3.8) is 0 Å². The van der Waals surface area contributed by atoms with Crippen molar-refractivity contribution < 1.29 is 9.18 Å². The van der Waals surface area contributed by atoms with Gasteiger partial charge in [-0.2, -0.15) is 0 Å². The first-order valence-electron chi connectivity index (χ1n) is 11.9. The van der Waals surface area contributed by atoms with Crippen molar-refractivity contribution in [2.24, 2.45) is 0 Å². The van der Waals surface area contributed by atoms with Gasteiger partial charge in [-0.15, -0.1) is 0 Å². The molecule has 4 aromatic rings. The second-order valence-electron chi connectivity index (χ2n) is 9.37. The minimum Gasteiger partial charge on any atom is -0.368 e.